The molecule has 2 N–H and O–H groups in total. The molecule has 1 saturated heterocycles. The van der Waals surface area contributed by atoms with Gasteiger partial charge in [0.2, 0.25) is 11.8 Å². The first kappa shape index (κ1) is 16.0. The van der Waals surface area contributed by atoms with E-state index in [0.717, 1.165) is 5.56 Å². The summed E-state index contributed by atoms with van der Waals surface area (Å²) >= 11 is 0. The van der Waals surface area contributed by atoms with Crippen molar-refractivity contribution in [1.29, 1.82) is 0 Å². The summed E-state index contributed by atoms with van der Waals surface area (Å²) in [7, 11) is 1.75. The third-order valence-corrected chi connectivity index (χ3v) is 3.94. The fourth-order valence-corrected chi connectivity index (χ4v) is 2.46. The van der Waals surface area contributed by atoms with Crippen LogP contribution in [-0.4, -0.2) is 47.9 Å². The molecule has 2 amide bonds. The van der Waals surface area contributed by atoms with Gasteiger partial charge in [0.25, 0.3) is 0 Å². The van der Waals surface area contributed by atoms with Crippen LogP contribution in [0.1, 0.15) is 28.8 Å². The molecule has 0 aromatic heterocycles. The number of hydrogen-bond acceptors (Lipinski definition) is 3. The summed E-state index contributed by atoms with van der Waals surface area (Å²) < 4.78 is 0. The predicted molar refractivity (Wildman–Crippen MR) is 80.5 cm³/mol. The summed E-state index contributed by atoms with van der Waals surface area (Å²) in [5.41, 5.74) is 1.21. The number of carbonyl (C=O) groups is 3. The second-order valence-electron chi connectivity index (χ2n) is 5.55. The quantitative estimate of drug-likeness (QED) is 0.846. The number of amides is 2. The first-order valence-corrected chi connectivity index (χ1v) is 7.31. The molecule has 0 spiro atoms. The molecule has 0 aliphatic carbocycles. The van der Waals surface area contributed by atoms with Crippen molar-refractivity contribution in [2.24, 2.45) is 5.92 Å². The highest BCUT2D eigenvalue weighted by atomic mass is 16.4. The zero-order chi connectivity index (χ0) is 16.1. The van der Waals surface area contributed by atoms with Gasteiger partial charge in [0.05, 0.1) is 5.56 Å². The number of carboxylic acid groups (broad SMARTS) is 1. The Hall–Kier alpha value is -2.37. The van der Waals surface area contributed by atoms with Gasteiger partial charge in [0.1, 0.15) is 0 Å². The van der Waals surface area contributed by atoms with Crippen LogP contribution in [0.25, 0.3) is 0 Å². The number of carboxylic acids is 1. The van der Waals surface area contributed by atoms with Crippen LogP contribution in [0, 0.1) is 5.92 Å². The van der Waals surface area contributed by atoms with Gasteiger partial charge in [-0.3, -0.25) is 9.59 Å². The fraction of sp³-hybridized carbons (Fsp3) is 0.438. The number of nitrogens with one attached hydrogen (secondary N) is 1. The summed E-state index contributed by atoms with van der Waals surface area (Å²) in [6, 6.07) is 6.59. The van der Waals surface area contributed by atoms with Crippen molar-refractivity contribution in [2.45, 2.75) is 19.3 Å². The van der Waals surface area contributed by atoms with Crippen LogP contribution >= 0.6 is 0 Å². The minimum absolute atomic E-state index is 0.00987. The van der Waals surface area contributed by atoms with Gasteiger partial charge in [0, 0.05) is 32.5 Å². The van der Waals surface area contributed by atoms with Crippen molar-refractivity contribution in [3.8, 4) is 0 Å². The van der Waals surface area contributed by atoms with Gasteiger partial charge in [-0.25, -0.2) is 4.79 Å². The van der Waals surface area contributed by atoms with E-state index >= 15 is 0 Å². The molecule has 22 heavy (non-hydrogen) atoms. The zero-order valence-electron chi connectivity index (χ0n) is 12.5. The van der Waals surface area contributed by atoms with Crippen LogP contribution in [0.15, 0.2) is 24.3 Å². The third kappa shape index (κ3) is 4.07. The normalized spacial score (nSPS) is 18.1. The smallest absolute Gasteiger partial charge is 0.335 e. The van der Waals surface area contributed by atoms with E-state index in [1.807, 2.05) is 0 Å². The maximum absolute atomic E-state index is 12.0. The van der Waals surface area contributed by atoms with Gasteiger partial charge < -0.3 is 15.3 Å². The van der Waals surface area contributed by atoms with Crippen molar-refractivity contribution >= 4 is 17.8 Å². The van der Waals surface area contributed by atoms with Crippen molar-refractivity contribution in [3.05, 3.63) is 35.4 Å². The van der Waals surface area contributed by atoms with Crippen LogP contribution in [-0.2, 0) is 16.0 Å². The molecule has 1 aromatic rings. The second-order valence-corrected chi connectivity index (χ2v) is 5.55. The molecule has 1 fully saturated rings. The number of piperidine rings is 1. The highest BCUT2D eigenvalue weighted by molar-refractivity contribution is 5.87. The highest BCUT2D eigenvalue weighted by Crippen LogP contribution is 2.17. The number of benzene rings is 1. The van der Waals surface area contributed by atoms with Crippen LogP contribution in [0.2, 0.25) is 0 Å². The molecule has 1 aliphatic heterocycles. The minimum atomic E-state index is -0.952. The molecule has 0 radical (unpaired) electrons. The first-order valence-electron chi connectivity index (χ1n) is 7.31. The Morgan fingerprint density at radius 1 is 1.32 bits per heavy atom. The Kier molecular flexibility index (Phi) is 5.14. The van der Waals surface area contributed by atoms with Gasteiger partial charge in [-0.15, -0.1) is 0 Å². The Labute approximate surface area is 129 Å². The monoisotopic (exact) mass is 304 g/mol. The SMILES string of the molecule is CN1CC[C@@H](C(=O)NCCc2ccc(C(=O)O)cc2)CC1=O. The average molecular weight is 304 g/mol. The summed E-state index contributed by atoms with van der Waals surface area (Å²) in [5.74, 6) is -1.26. The number of carbonyl (C=O) groups excluding carboxylic acids is 2. The number of nitrogens with zero attached hydrogens (tertiary/aromatic N) is 1. The minimum Gasteiger partial charge on any atom is -0.478 e. The van der Waals surface area contributed by atoms with E-state index in [-0.39, 0.29) is 29.7 Å². The number of aromatic carboxylic acids is 1. The molecule has 0 saturated carbocycles. The summed E-state index contributed by atoms with van der Waals surface area (Å²) in [6.07, 6.45) is 1.60. The maximum Gasteiger partial charge on any atom is 0.335 e. The van der Waals surface area contributed by atoms with E-state index in [9.17, 15) is 14.4 Å². The van der Waals surface area contributed by atoms with Crippen molar-refractivity contribution in [2.75, 3.05) is 20.1 Å². The van der Waals surface area contributed by atoms with Gasteiger partial charge in [-0.2, -0.15) is 0 Å². The molecule has 0 bridgehead atoms. The fourth-order valence-electron chi connectivity index (χ4n) is 2.46. The number of likely N-dealkylation sites (tertiary alicyclic amines) is 1. The Morgan fingerprint density at radius 2 is 2.00 bits per heavy atom. The van der Waals surface area contributed by atoms with E-state index in [0.29, 0.717) is 25.9 Å². The second kappa shape index (κ2) is 7.06. The lowest BCUT2D eigenvalue weighted by Crippen LogP contribution is -2.42. The van der Waals surface area contributed by atoms with Crippen LogP contribution < -0.4 is 5.32 Å². The summed E-state index contributed by atoms with van der Waals surface area (Å²) in [4.78, 5) is 36.0. The molecule has 1 atom stereocenters. The van der Waals surface area contributed by atoms with Crippen molar-refractivity contribution < 1.29 is 19.5 Å². The first-order chi connectivity index (χ1) is 10.5. The predicted octanol–water partition coefficient (Wildman–Crippen LogP) is 0.912. The van der Waals surface area contributed by atoms with E-state index < -0.39 is 5.97 Å². The van der Waals surface area contributed by atoms with Gasteiger partial charge in [-0.05, 0) is 30.5 Å². The lowest BCUT2D eigenvalue weighted by Gasteiger charge is -2.27. The molecular formula is C16H20N2O4. The lowest BCUT2D eigenvalue weighted by molar-refractivity contribution is -0.139. The topological polar surface area (TPSA) is 86.7 Å². The Bertz CT molecular complexity index is 568. The molecule has 6 nitrogen and oxygen atoms in total. The molecule has 1 aromatic carbocycles. The van der Waals surface area contributed by atoms with Crippen LogP contribution in [0.4, 0.5) is 0 Å². The number of hydrogen-bond donors (Lipinski definition) is 2. The van der Waals surface area contributed by atoms with E-state index in [2.05, 4.69) is 5.32 Å². The van der Waals surface area contributed by atoms with E-state index in [1.165, 1.54) is 0 Å². The lowest BCUT2D eigenvalue weighted by atomic mass is 9.95. The Morgan fingerprint density at radius 3 is 2.59 bits per heavy atom. The van der Waals surface area contributed by atoms with Crippen LogP contribution in [0.5, 0.6) is 0 Å². The maximum atomic E-state index is 12.0. The molecule has 0 unspecified atom stereocenters. The van der Waals surface area contributed by atoms with E-state index in [1.54, 1.807) is 36.2 Å². The summed E-state index contributed by atoms with van der Waals surface area (Å²) in [6.45, 7) is 1.10. The van der Waals surface area contributed by atoms with Gasteiger partial charge in [0.15, 0.2) is 0 Å². The third-order valence-electron chi connectivity index (χ3n) is 3.94. The van der Waals surface area contributed by atoms with Gasteiger partial charge in [-0.1, -0.05) is 12.1 Å². The Balaban J connectivity index is 1.77. The zero-order valence-corrected chi connectivity index (χ0v) is 12.5. The van der Waals surface area contributed by atoms with Crippen molar-refractivity contribution in [3.63, 3.8) is 0 Å². The molecule has 2 rings (SSSR count). The summed E-state index contributed by atoms with van der Waals surface area (Å²) in [5, 5.41) is 11.7. The molecule has 118 valence electrons. The largest absolute Gasteiger partial charge is 0.478 e. The highest BCUT2D eigenvalue weighted by Gasteiger charge is 2.28. The molecule has 6 heteroatoms. The molecule has 1 heterocycles. The average Bonchev–Trinajstić information content (AvgIpc) is 2.50. The number of rotatable bonds is 5. The van der Waals surface area contributed by atoms with Crippen LogP contribution in [0.3, 0.4) is 0 Å². The molecular weight excluding hydrogens is 284 g/mol. The standard InChI is InChI=1S/C16H20N2O4/c1-18-9-7-13(10-14(18)19)15(20)17-8-6-11-2-4-12(5-3-11)16(21)22/h2-5,13H,6-10H2,1H3,(H,17,20)(H,21,22)/t13-/m1/s1. The van der Waals surface area contributed by atoms with Crippen molar-refractivity contribution in [1.82, 2.24) is 10.2 Å². The van der Waals surface area contributed by atoms with Gasteiger partial charge >= 0.3 is 5.97 Å². The van der Waals surface area contributed by atoms with E-state index in [4.69, 9.17) is 5.11 Å². The molecule has 1 aliphatic rings.